The van der Waals surface area contributed by atoms with Crippen LogP contribution in [0.2, 0.25) is 0 Å². The van der Waals surface area contributed by atoms with Crippen LogP contribution in [0.1, 0.15) is 18.3 Å². The second-order valence-corrected chi connectivity index (χ2v) is 4.77. The van der Waals surface area contributed by atoms with E-state index in [1.54, 1.807) is 7.11 Å². The van der Waals surface area contributed by atoms with Crippen molar-refractivity contribution in [2.24, 2.45) is 5.16 Å². The molecular formula is C14H17NO5. The van der Waals surface area contributed by atoms with Crippen LogP contribution in [-0.2, 0) is 18.9 Å². The average Bonchev–Trinajstić information content (AvgIpc) is 2.54. The molecular weight excluding hydrogens is 262 g/mol. The van der Waals surface area contributed by atoms with Crippen LogP contribution in [0.15, 0.2) is 35.5 Å². The van der Waals surface area contributed by atoms with E-state index < -0.39 is 18.7 Å². The summed E-state index contributed by atoms with van der Waals surface area (Å²) in [5.41, 5.74) is 1.45. The zero-order valence-electron chi connectivity index (χ0n) is 11.1. The van der Waals surface area contributed by atoms with Crippen LogP contribution in [0.25, 0.3) is 0 Å². The number of hydrogen-bond acceptors (Lipinski definition) is 6. The van der Waals surface area contributed by atoms with Gasteiger partial charge in [0, 0.05) is 19.1 Å². The summed E-state index contributed by atoms with van der Waals surface area (Å²) in [4.78, 5) is 0. The standard InChI is InChI=1S/C14H17NO5/c1-17-12-7-10(15-16)13-11(19-12)8-18-14(20-13)9-5-3-2-4-6-9/h2-6,11-14,16H,7-8H2,1H3/b15-10-/t11-,12+,13-,14-/m0/s1. The predicted octanol–water partition coefficient (Wildman–Crippen LogP) is 1.69. The Morgan fingerprint density at radius 3 is 2.75 bits per heavy atom. The van der Waals surface area contributed by atoms with Gasteiger partial charge in [-0.3, -0.25) is 0 Å². The first-order valence-corrected chi connectivity index (χ1v) is 6.53. The topological polar surface area (TPSA) is 69.5 Å². The lowest BCUT2D eigenvalue weighted by molar-refractivity contribution is -0.286. The van der Waals surface area contributed by atoms with Crippen LogP contribution in [0.5, 0.6) is 0 Å². The highest BCUT2D eigenvalue weighted by Gasteiger charge is 2.42. The molecule has 1 N–H and O–H groups in total. The number of ether oxygens (including phenoxy) is 4. The number of benzene rings is 1. The molecule has 1 aromatic rings. The molecule has 2 aliphatic rings. The molecule has 2 fully saturated rings. The Morgan fingerprint density at radius 2 is 2.05 bits per heavy atom. The SMILES string of the molecule is CO[C@H]1C/C(=N/O)[C@@H]2O[C@@H](c3ccccc3)OC[C@@H]2O1. The lowest BCUT2D eigenvalue weighted by Crippen LogP contribution is -2.53. The third kappa shape index (κ3) is 2.55. The van der Waals surface area contributed by atoms with Crippen LogP contribution in [0.3, 0.4) is 0 Å². The molecule has 0 saturated carbocycles. The molecule has 2 aliphatic heterocycles. The Kier molecular flexibility index (Phi) is 3.98. The van der Waals surface area contributed by atoms with Crippen molar-refractivity contribution in [2.45, 2.75) is 31.2 Å². The molecule has 0 aliphatic carbocycles. The van der Waals surface area contributed by atoms with E-state index in [4.69, 9.17) is 24.2 Å². The molecule has 0 amide bonds. The number of oxime groups is 1. The Balaban J connectivity index is 1.76. The van der Waals surface area contributed by atoms with Crippen LogP contribution < -0.4 is 0 Å². The Morgan fingerprint density at radius 1 is 1.25 bits per heavy atom. The summed E-state index contributed by atoms with van der Waals surface area (Å²) in [6.07, 6.45) is -1.25. The zero-order chi connectivity index (χ0) is 13.9. The normalized spacial score (nSPS) is 35.8. The average molecular weight is 279 g/mol. The van der Waals surface area contributed by atoms with Crippen LogP contribution in [-0.4, -0.2) is 43.1 Å². The molecule has 0 unspecified atom stereocenters. The first kappa shape index (κ1) is 13.5. The Labute approximate surface area is 116 Å². The van der Waals surface area contributed by atoms with E-state index in [-0.39, 0.29) is 6.10 Å². The van der Waals surface area contributed by atoms with Crippen molar-refractivity contribution >= 4 is 5.71 Å². The van der Waals surface area contributed by atoms with Crippen molar-refractivity contribution in [3.63, 3.8) is 0 Å². The maximum absolute atomic E-state index is 9.16. The maximum Gasteiger partial charge on any atom is 0.184 e. The number of nitrogens with zero attached hydrogens (tertiary/aromatic N) is 1. The fourth-order valence-corrected chi connectivity index (χ4v) is 2.49. The summed E-state index contributed by atoms with van der Waals surface area (Å²) >= 11 is 0. The van der Waals surface area contributed by atoms with E-state index >= 15 is 0 Å². The van der Waals surface area contributed by atoms with Gasteiger partial charge in [-0.15, -0.1) is 0 Å². The van der Waals surface area contributed by atoms with E-state index in [2.05, 4.69) is 5.16 Å². The minimum absolute atomic E-state index is 0.320. The van der Waals surface area contributed by atoms with Gasteiger partial charge in [-0.1, -0.05) is 35.5 Å². The third-order valence-corrected chi connectivity index (χ3v) is 3.51. The summed E-state index contributed by atoms with van der Waals surface area (Å²) in [5, 5.41) is 12.5. The second kappa shape index (κ2) is 5.88. The highest BCUT2D eigenvalue weighted by Crippen LogP contribution is 2.32. The molecule has 3 rings (SSSR count). The first-order chi connectivity index (χ1) is 9.81. The van der Waals surface area contributed by atoms with Gasteiger partial charge >= 0.3 is 0 Å². The molecule has 6 heteroatoms. The molecule has 4 atom stereocenters. The lowest BCUT2D eigenvalue weighted by Gasteiger charge is -2.41. The van der Waals surface area contributed by atoms with Gasteiger partial charge in [0.1, 0.15) is 12.2 Å². The molecule has 1 aromatic carbocycles. The monoisotopic (exact) mass is 279 g/mol. The van der Waals surface area contributed by atoms with Gasteiger partial charge in [-0.2, -0.15) is 0 Å². The van der Waals surface area contributed by atoms with Crippen LogP contribution >= 0.6 is 0 Å². The molecule has 2 saturated heterocycles. The van der Waals surface area contributed by atoms with Gasteiger partial charge in [-0.05, 0) is 0 Å². The van der Waals surface area contributed by atoms with Crippen molar-refractivity contribution in [3.8, 4) is 0 Å². The molecule has 108 valence electrons. The van der Waals surface area contributed by atoms with Gasteiger partial charge in [0.15, 0.2) is 12.6 Å². The summed E-state index contributed by atoms with van der Waals surface area (Å²) in [5.74, 6) is 0. The Bertz CT molecular complexity index is 478. The second-order valence-electron chi connectivity index (χ2n) is 4.77. The highest BCUT2D eigenvalue weighted by atomic mass is 16.7. The van der Waals surface area contributed by atoms with Crippen molar-refractivity contribution in [2.75, 3.05) is 13.7 Å². The minimum atomic E-state index is -0.475. The van der Waals surface area contributed by atoms with Gasteiger partial charge in [0.05, 0.1) is 12.3 Å². The minimum Gasteiger partial charge on any atom is -0.411 e. The highest BCUT2D eigenvalue weighted by molar-refractivity contribution is 5.89. The molecule has 0 bridgehead atoms. The molecule has 2 heterocycles. The molecule has 0 radical (unpaired) electrons. The van der Waals surface area contributed by atoms with E-state index in [0.29, 0.717) is 18.7 Å². The fourth-order valence-electron chi connectivity index (χ4n) is 2.49. The van der Waals surface area contributed by atoms with E-state index in [1.807, 2.05) is 30.3 Å². The van der Waals surface area contributed by atoms with Gasteiger partial charge in [0.2, 0.25) is 0 Å². The van der Waals surface area contributed by atoms with Gasteiger partial charge in [-0.25, -0.2) is 0 Å². The zero-order valence-corrected chi connectivity index (χ0v) is 11.1. The van der Waals surface area contributed by atoms with Gasteiger partial charge in [0.25, 0.3) is 0 Å². The van der Waals surface area contributed by atoms with Crippen molar-refractivity contribution in [3.05, 3.63) is 35.9 Å². The van der Waals surface area contributed by atoms with Gasteiger partial charge < -0.3 is 24.2 Å². The van der Waals surface area contributed by atoms with Crippen LogP contribution in [0, 0.1) is 0 Å². The number of hydrogen-bond donors (Lipinski definition) is 1. The smallest absolute Gasteiger partial charge is 0.184 e. The Hall–Kier alpha value is -1.47. The van der Waals surface area contributed by atoms with Crippen molar-refractivity contribution in [1.82, 2.24) is 0 Å². The number of rotatable bonds is 2. The largest absolute Gasteiger partial charge is 0.411 e. The van der Waals surface area contributed by atoms with Crippen LogP contribution in [0.4, 0.5) is 0 Å². The quantitative estimate of drug-likeness (QED) is 0.659. The third-order valence-electron chi connectivity index (χ3n) is 3.51. The van der Waals surface area contributed by atoms with E-state index in [9.17, 15) is 0 Å². The molecule has 0 aromatic heterocycles. The number of methoxy groups -OCH3 is 1. The molecule has 0 spiro atoms. The van der Waals surface area contributed by atoms with E-state index in [1.165, 1.54) is 0 Å². The number of fused-ring (bicyclic) bond motifs is 1. The predicted molar refractivity (Wildman–Crippen MR) is 69.5 cm³/mol. The summed E-state index contributed by atoms with van der Waals surface area (Å²) in [6, 6.07) is 9.65. The van der Waals surface area contributed by atoms with Crippen molar-refractivity contribution < 1.29 is 24.2 Å². The summed E-state index contributed by atoms with van der Waals surface area (Å²) < 4.78 is 22.4. The molecule has 6 nitrogen and oxygen atoms in total. The fraction of sp³-hybridized carbons (Fsp3) is 0.500. The van der Waals surface area contributed by atoms with E-state index in [0.717, 1.165) is 5.56 Å². The summed E-state index contributed by atoms with van der Waals surface area (Å²) in [6.45, 7) is 0.364. The van der Waals surface area contributed by atoms with Crippen molar-refractivity contribution in [1.29, 1.82) is 0 Å². The first-order valence-electron chi connectivity index (χ1n) is 6.53. The maximum atomic E-state index is 9.16. The summed E-state index contributed by atoms with van der Waals surface area (Å²) in [7, 11) is 1.55. The lowest BCUT2D eigenvalue weighted by atomic mass is 10.0. The molecule has 20 heavy (non-hydrogen) atoms.